The molecular weight excluding hydrogens is 475 g/mol. The van der Waals surface area contributed by atoms with E-state index >= 15 is 0 Å². The maximum Gasteiger partial charge on any atom is 0.337 e. The van der Waals surface area contributed by atoms with E-state index in [2.05, 4.69) is 90.4 Å². The van der Waals surface area contributed by atoms with Crippen LogP contribution < -0.4 is 21.3 Å². The molecule has 37 heavy (non-hydrogen) atoms. The number of hydrazone groups is 1. The van der Waals surface area contributed by atoms with Crippen molar-refractivity contribution < 1.29 is 9.90 Å². The van der Waals surface area contributed by atoms with E-state index in [-0.39, 0.29) is 5.56 Å². The van der Waals surface area contributed by atoms with Gasteiger partial charge in [0, 0.05) is 5.56 Å². The van der Waals surface area contributed by atoms with Crippen molar-refractivity contribution in [3.05, 3.63) is 157 Å². The maximum absolute atomic E-state index is 11.9. The highest BCUT2D eigenvalue weighted by Crippen LogP contribution is 2.58. The van der Waals surface area contributed by atoms with Crippen molar-refractivity contribution in [1.29, 1.82) is 0 Å². The van der Waals surface area contributed by atoms with Crippen LogP contribution in [0.2, 0.25) is 0 Å². The Morgan fingerprint density at radius 3 is 1.43 bits per heavy atom. The van der Waals surface area contributed by atoms with E-state index in [1.165, 1.54) is 0 Å². The molecule has 5 aromatic carbocycles. The molecule has 0 radical (unpaired) electrons. The number of para-hydroxylation sites is 1. The van der Waals surface area contributed by atoms with Gasteiger partial charge in [-0.1, -0.05) is 84.9 Å². The number of nitrogens with zero attached hydrogens (tertiary/aromatic N) is 1. The number of carboxylic acids is 1. The van der Waals surface area contributed by atoms with Crippen LogP contribution >= 0.6 is 7.26 Å². The average Bonchev–Trinajstić information content (AvgIpc) is 2.97. The topological polar surface area (TPSA) is 61.7 Å². The second-order valence-corrected chi connectivity index (χ2v) is 11.8. The number of aromatic carboxylic acids is 1. The van der Waals surface area contributed by atoms with E-state index in [9.17, 15) is 9.90 Å². The minimum absolute atomic E-state index is 0.168. The van der Waals surface area contributed by atoms with Gasteiger partial charge in [-0.15, -0.1) is 5.10 Å². The normalized spacial score (nSPS) is 11.6. The molecule has 0 saturated heterocycles. The summed E-state index contributed by atoms with van der Waals surface area (Å²) >= 11 is 0. The van der Waals surface area contributed by atoms with Gasteiger partial charge in [0.25, 0.3) is 0 Å². The number of anilines is 1. The van der Waals surface area contributed by atoms with Crippen LogP contribution in [0.1, 0.15) is 15.9 Å². The predicted octanol–water partition coefficient (Wildman–Crippen LogP) is 6.15. The number of hydrogen-bond acceptors (Lipinski definition) is 3. The van der Waals surface area contributed by atoms with Crippen molar-refractivity contribution in [2.24, 2.45) is 5.10 Å². The summed E-state index contributed by atoms with van der Waals surface area (Å²) in [4.78, 5) is 11.9. The zero-order chi connectivity index (χ0) is 25.5. The molecule has 0 aromatic heterocycles. The second kappa shape index (κ2) is 11.0. The van der Waals surface area contributed by atoms with Gasteiger partial charge < -0.3 is 5.11 Å². The van der Waals surface area contributed by atoms with E-state index in [1.807, 2.05) is 36.4 Å². The van der Waals surface area contributed by atoms with Crippen LogP contribution in [0.4, 0.5) is 5.69 Å². The SMILES string of the molecule is O=C(O)c1ccccc1N/N=C(\c1ccccc1)[P+](c1ccccc1)(c1ccccc1)c1ccccc1. The summed E-state index contributed by atoms with van der Waals surface area (Å²) < 4.78 is 0. The summed E-state index contributed by atoms with van der Waals surface area (Å²) in [5, 5.41) is 18.3. The fourth-order valence-electron chi connectivity index (χ4n) is 4.57. The molecule has 0 saturated carbocycles. The summed E-state index contributed by atoms with van der Waals surface area (Å²) in [5.41, 5.74) is 5.58. The highest BCUT2D eigenvalue weighted by atomic mass is 31.2. The summed E-state index contributed by atoms with van der Waals surface area (Å²) in [6.45, 7) is 0. The molecule has 2 N–H and O–H groups in total. The number of carboxylic acid groups (broad SMARTS) is 1. The molecule has 0 atom stereocenters. The molecule has 0 spiro atoms. The standard InChI is InChI=1S/C32H25N2O2P/c35-32(36)29-23-13-14-24-30(29)33-34-31(25-15-5-1-6-16-25)37(26-17-7-2-8-18-26,27-19-9-3-10-20-27)28-21-11-4-12-22-28/h1-24,33H/p+1/b34-31+. The Balaban J connectivity index is 1.86. The Morgan fingerprint density at radius 2 is 0.973 bits per heavy atom. The Labute approximate surface area is 217 Å². The van der Waals surface area contributed by atoms with Crippen molar-refractivity contribution in [1.82, 2.24) is 0 Å². The van der Waals surface area contributed by atoms with Crippen molar-refractivity contribution in [3.8, 4) is 0 Å². The van der Waals surface area contributed by atoms with E-state index in [4.69, 9.17) is 5.10 Å². The van der Waals surface area contributed by atoms with Crippen LogP contribution in [-0.4, -0.2) is 16.5 Å². The number of rotatable bonds is 8. The number of hydrogen-bond donors (Lipinski definition) is 2. The van der Waals surface area contributed by atoms with Gasteiger partial charge in [0.15, 0.2) is 7.26 Å². The first-order valence-corrected chi connectivity index (χ1v) is 13.8. The third-order valence-corrected chi connectivity index (χ3v) is 10.4. The predicted molar refractivity (Wildman–Crippen MR) is 155 cm³/mol. The van der Waals surface area contributed by atoms with Gasteiger partial charge >= 0.3 is 5.97 Å². The van der Waals surface area contributed by atoms with Crippen LogP contribution in [0.3, 0.4) is 0 Å². The van der Waals surface area contributed by atoms with Crippen molar-refractivity contribution in [2.45, 2.75) is 0 Å². The molecule has 0 aliphatic carbocycles. The van der Waals surface area contributed by atoms with Gasteiger partial charge in [0.05, 0.1) is 11.3 Å². The highest BCUT2D eigenvalue weighted by molar-refractivity contribution is 8.09. The van der Waals surface area contributed by atoms with E-state index in [1.54, 1.807) is 24.3 Å². The zero-order valence-corrected chi connectivity index (χ0v) is 21.0. The van der Waals surface area contributed by atoms with E-state index in [0.29, 0.717) is 5.69 Å². The van der Waals surface area contributed by atoms with Crippen molar-refractivity contribution in [3.63, 3.8) is 0 Å². The lowest BCUT2D eigenvalue weighted by molar-refractivity contribution is 0.0698. The molecule has 0 amide bonds. The summed E-state index contributed by atoms with van der Waals surface area (Å²) in [6, 6.07) is 48.4. The molecule has 0 heterocycles. The maximum atomic E-state index is 11.9. The van der Waals surface area contributed by atoms with Gasteiger partial charge in [-0.25, -0.2) is 4.79 Å². The Hall–Kier alpha value is -4.53. The molecule has 180 valence electrons. The molecule has 5 aromatic rings. The quantitative estimate of drug-likeness (QED) is 0.152. The Kier molecular flexibility index (Phi) is 7.21. The minimum Gasteiger partial charge on any atom is -0.478 e. The van der Waals surface area contributed by atoms with Crippen molar-refractivity contribution in [2.75, 3.05) is 5.43 Å². The molecule has 0 fully saturated rings. The summed E-state index contributed by atoms with van der Waals surface area (Å²) in [7, 11) is -2.52. The zero-order valence-electron chi connectivity index (χ0n) is 20.1. The average molecular weight is 502 g/mol. The largest absolute Gasteiger partial charge is 0.478 e. The fourth-order valence-corrected chi connectivity index (χ4v) is 8.79. The molecule has 5 heteroatoms. The fraction of sp³-hybridized carbons (Fsp3) is 0. The number of benzene rings is 5. The lowest BCUT2D eigenvalue weighted by atomic mass is 10.2. The van der Waals surface area contributed by atoms with Gasteiger partial charge in [0.2, 0.25) is 5.45 Å². The van der Waals surface area contributed by atoms with Gasteiger partial charge in [0.1, 0.15) is 15.9 Å². The third kappa shape index (κ3) is 4.80. The molecule has 4 nitrogen and oxygen atoms in total. The minimum atomic E-state index is -2.52. The molecule has 0 aliphatic heterocycles. The van der Waals surface area contributed by atoms with Crippen LogP contribution in [-0.2, 0) is 0 Å². The lowest BCUT2D eigenvalue weighted by Crippen LogP contribution is -2.37. The number of carbonyl (C=O) groups is 1. The third-order valence-electron chi connectivity index (χ3n) is 6.22. The van der Waals surface area contributed by atoms with Gasteiger partial charge in [-0.05, 0) is 60.7 Å². The Bertz CT molecular complexity index is 1410. The van der Waals surface area contributed by atoms with Gasteiger partial charge in [-0.3, -0.25) is 5.43 Å². The first kappa shape index (κ1) is 24.2. The molecular formula is C32H26N2O2P+. The molecule has 0 unspecified atom stereocenters. The van der Waals surface area contributed by atoms with Crippen LogP contribution in [0, 0.1) is 0 Å². The molecule has 0 aliphatic rings. The lowest BCUT2D eigenvalue weighted by Gasteiger charge is -2.28. The smallest absolute Gasteiger partial charge is 0.337 e. The Morgan fingerprint density at radius 1 is 0.568 bits per heavy atom. The van der Waals surface area contributed by atoms with E-state index < -0.39 is 13.2 Å². The van der Waals surface area contributed by atoms with Crippen LogP contribution in [0.5, 0.6) is 0 Å². The van der Waals surface area contributed by atoms with E-state index in [0.717, 1.165) is 26.9 Å². The van der Waals surface area contributed by atoms with Crippen LogP contribution in [0.25, 0.3) is 0 Å². The van der Waals surface area contributed by atoms with Crippen LogP contribution in [0.15, 0.2) is 151 Å². The second-order valence-electron chi connectivity index (χ2n) is 8.44. The number of nitrogens with one attached hydrogen (secondary N) is 1. The summed E-state index contributed by atoms with van der Waals surface area (Å²) in [6.07, 6.45) is 0. The summed E-state index contributed by atoms with van der Waals surface area (Å²) in [5.74, 6) is -1.00. The van der Waals surface area contributed by atoms with Crippen molar-refractivity contribution >= 4 is 40.3 Å². The first-order chi connectivity index (χ1) is 18.2. The monoisotopic (exact) mass is 501 g/mol. The van der Waals surface area contributed by atoms with Gasteiger partial charge in [-0.2, -0.15) is 0 Å². The molecule has 5 rings (SSSR count). The first-order valence-electron chi connectivity index (χ1n) is 12.0. The highest BCUT2D eigenvalue weighted by Gasteiger charge is 2.52. The molecule has 0 bridgehead atoms.